The predicted octanol–water partition coefficient (Wildman–Crippen LogP) is -0.807. The Bertz CT molecular complexity index is 23.6. The van der Waals surface area contributed by atoms with Gasteiger partial charge in [0.1, 0.15) is 6.23 Å². The average Bonchev–Trinajstić information content (AvgIpc) is 1.38. The van der Waals surface area contributed by atoms with Gasteiger partial charge in [0, 0.05) is 5.75 Å². The number of rotatable bonds is 1. The largest absolute Gasteiger partial charge is 0.378 e. The maximum atomic E-state index is 8.06. The Morgan fingerprint density at radius 1 is 2.00 bits per heavy atom. The van der Waals surface area contributed by atoms with Crippen LogP contribution in [0.5, 0.6) is 0 Å². The molecule has 0 heterocycles. The van der Waals surface area contributed by atoms with E-state index in [9.17, 15) is 0 Å². The van der Waals surface area contributed by atoms with Crippen molar-refractivity contribution in [2.24, 2.45) is 5.73 Å². The Hall–Kier alpha value is 0.270. The van der Waals surface area contributed by atoms with E-state index in [0.29, 0.717) is 5.75 Å². The van der Waals surface area contributed by atoms with Gasteiger partial charge in [-0.15, -0.1) is 0 Å². The fourth-order valence-corrected chi connectivity index (χ4v) is 0. The molecular weight excluding hydrogens is 86.1 g/mol. The Balaban J connectivity index is 2.54. The Kier molecular flexibility index (Phi) is 2.64. The van der Waals surface area contributed by atoms with E-state index in [0.717, 1.165) is 0 Å². The number of nitrogens with two attached hydrogens (primary N) is 1. The molecule has 0 aromatic carbocycles. The van der Waals surface area contributed by atoms with Crippen LogP contribution in [-0.2, 0) is 0 Å². The number of hydrogen-bond acceptors (Lipinski definition) is 3. The molecule has 0 aromatic rings. The van der Waals surface area contributed by atoms with E-state index in [1.54, 1.807) is 0 Å². The van der Waals surface area contributed by atoms with Crippen LogP contribution in [0.25, 0.3) is 0 Å². The Morgan fingerprint density at radius 3 is 2.20 bits per heavy atom. The highest BCUT2D eigenvalue weighted by atomic mass is 32.1. The van der Waals surface area contributed by atoms with Crippen LogP contribution >= 0.6 is 12.6 Å². The van der Waals surface area contributed by atoms with Gasteiger partial charge in [-0.3, -0.25) is 0 Å². The van der Waals surface area contributed by atoms with Crippen molar-refractivity contribution < 1.29 is 5.11 Å². The number of aliphatic hydroxyl groups excluding tert-OH is 1. The second-order valence-electron chi connectivity index (χ2n) is 0.750. The van der Waals surface area contributed by atoms with Crippen molar-refractivity contribution in [3.8, 4) is 0 Å². The van der Waals surface area contributed by atoms with Gasteiger partial charge in [-0.25, -0.2) is 0 Å². The molecule has 0 aromatic heterocycles. The van der Waals surface area contributed by atoms with Gasteiger partial charge in [0.05, 0.1) is 0 Å². The first-order valence-corrected chi connectivity index (χ1v) is 1.95. The fourth-order valence-electron chi connectivity index (χ4n) is 0. The van der Waals surface area contributed by atoms with Gasteiger partial charge in [0.25, 0.3) is 0 Å². The Labute approximate surface area is 36.4 Å². The van der Waals surface area contributed by atoms with E-state index in [1.807, 2.05) is 0 Å². The molecule has 3 N–H and O–H groups in total. The van der Waals surface area contributed by atoms with Crippen molar-refractivity contribution in [1.29, 1.82) is 0 Å². The molecule has 0 radical (unpaired) electrons. The van der Waals surface area contributed by atoms with Crippen LogP contribution in [0.4, 0.5) is 0 Å². The molecule has 0 saturated carbocycles. The third-order valence-electron chi connectivity index (χ3n) is 0.187. The average molecular weight is 93.2 g/mol. The molecule has 1 unspecified atom stereocenters. The van der Waals surface area contributed by atoms with Crippen LogP contribution in [0.1, 0.15) is 0 Å². The molecule has 3 heteroatoms. The van der Waals surface area contributed by atoms with Crippen molar-refractivity contribution in [3.05, 3.63) is 0 Å². The van der Waals surface area contributed by atoms with Gasteiger partial charge in [0.15, 0.2) is 0 Å². The lowest BCUT2D eigenvalue weighted by Gasteiger charge is -1.90. The summed E-state index contributed by atoms with van der Waals surface area (Å²) in [5, 5.41) is 8.06. The minimum absolute atomic E-state index is 0.333. The maximum absolute atomic E-state index is 8.06. The highest BCUT2D eigenvalue weighted by Crippen LogP contribution is 1.71. The van der Waals surface area contributed by atoms with Gasteiger partial charge in [-0.1, -0.05) is 0 Å². The van der Waals surface area contributed by atoms with Gasteiger partial charge in [-0.2, -0.15) is 12.6 Å². The normalized spacial score (nSPS) is 15.0. The van der Waals surface area contributed by atoms with Gasteiger partial charge in [0.2, 0.25) is 0 Å². The zero-order valence-corrected chi connectivity index (χ0v) is 3.65. The fraction of sp³-hybridized carbons (Fsp3) is 1.00. The van der Waals surface area contributed by atoms with E-state index in [1.165, 1.54) is 0 Å². The lowest BCUT2D eigenvalue weighted by Crippen LogP contribution is -2.19. The van der Waals surface area contributed by atoms with Crippen molar-refractivity contribution in [2.45, 2.75) is 6.23 Å². The molecule has 0 fully saturated rings. The second kappa shape index (κ2) is 2.50. The summed E-state index contributed by atoms with van der Waals surface area (Å²) in [6.07, 6.45) is -0.752. The van der Waals surface area contributed by atoms with Crippen LogP contribution in [0.3, 0.4) is 0 Å². The van der Waals surface area contributed by atoms with Gasteiger partial charge in [-0.05, 0) is 0 Å². The van der Waals surface area contributed by atoms with Gasteiger partial charge >= 0.3 is 0 Å². The van der Waals surface area contributed by atoms with Crippen molar-refractivity contribution in [1.82, 2.24) is 0 Å². The second-order valence-corrected chi connectivity index (χ2v) is 1.12. The van der Waals surface area contributed by atoms with E-state index in [2.05, 4.69) is 12.6 Å². The van der Waals surface area contributed by atoms with Gasteiger partial charge < -0.3 is 10.8 Å². The van der Waals surface area contributed by atoms with E-state index >= 15 is 0 Å². The zero-order chi connectivity index (χ0) is 4.28. The topological polar surface area (TPSA) is 46.2 Å². The summed E-state index contributed by atoms with van der Waals surface area (Å²) in [7, 11) is 0. The maximum Gasteiger partial charge on any atom is 0.111 e. The number of aliphatic hydroxyl groups is 1. The summed E-state index contributed by atoms with van der Waals surface area (Å²) in [6.45, 7) is 0. The molecule has 5 heavy (non-hydrogen) atoms. The van der Waals surface area contributed by atoms with Crippen molar-refractivity contribution in [3.63, 3.8) is 0 Å². The standard InChI is InChI=1S/C2H7NOS/c3-2(4)1-5/h2,4-5H,1,3H2. The van der Waals surface area contributed by atoms with E-state index in [-0.39, 0.29) is 0 Å². The van der Waals surface area contributed by atoms with Crippen LogP contribution in [0.15, 0.2) is 0 Å². The lowest BCUT2D eigenvalue weighted by molar-refractivity contribution is 0.208. The van der Waals surface area contributed by atoms with Crippen LogP contribution < -0.4 is 5.73 Å². The molecule has 0 saturated heterocycles. The summed E-state index contributed by atoms with van der Waals surface area (Å²) < 4.78 is 0. The molecule has 0 bridgehead atoms. The quantitative estimate of drug-likeness (QED) is 0.293. The van der Waals surface area contributed by atoms with E-state index in [4.69, 9.17) is 10.8 Å². The minimum Gasteiger partial charge on any atom is -0.378 e. The molecule has 2 nitrogen and oxygen atoms in total. The lowest BCUT2D eigenvalue weighted by atomic mass is 10.7. The highest BCUT2D eigenvalue weighted by Gasteiger charge is 1.82. The first-order chi connectivity index (χ1) is 2.27. The summed E-state index contributed by atoms with van der Waals surface area (Å²) in [5.41, 5.74) is 4.77. The SMILES string of the molecule is NC(O)CS. The summed E-state index contributed by atoms with van der Waals surface area (Å²) >= 11 is 3.64. The van der Waals surface area contributed by atoms with Crippen molar-refractivity contribution >= 4 is 12.6 Å². The molecule has 0 amide bonds. The molecular formula is C2H7NOS. The molecule has 0 aliphatic rings. The third-order valence-corrected chi connectivity index (χ3v) is 0.561. The first-order valence-electron chi connectivity index (χ1n) is 1.32. The van der Waals surface area contributed by atoms with E-state index < -0.39 is 6.23 Å². The zero-order valence-electron chi connectivity index (χ0n) is 2.76. The smallest absolute Gasteiger partial charge is 0.111 e. The van der Waals surface area contributed by atoms with Crippen LogP contribution in [0, 0.1) is 0 Å². The first kappa shape index (κ1) is 5.27. The minimum atomic E-state index is -0.752. The van der Waals surface area contributed by atoms with Crippen LogP contribution in [0.2, 0.25) is 0 Å². The summed E-state index contributed by atoms with van der Waals surface area (Å²) in [5.74, 6) is 0.333. The monoisotopic (exact) mass is 93.0 g/mol. The molecule has 0 rings (SSSR count). The molecule has 0 aliphatic heterocycles. The molecule has 32 valence electrons. The summed E-state index contributed by atoms with van der Waals surface area (Å²) in [4.78, 5) is 0. The Morgan fingerprint density at radius 2 is 2.20 bits per heavy atom. The number of thiol groups is 1. The van der Waals surface area contributed by atoms with Crippen molar-refractivity contribution in [2.75, 3.05) is 5.75 Å². The molecule has 0 aliphatic carbocycles. The van der Waals surface area contributed by atoms with Crippen LogP contribution in [-0.4, -0.2) is 17.1 Å². The molecule has 1 atom stereocenters. The summed E-state index contributed by atoms with van der Waals surface area (Å²) in [6, 6.07) is 0. The number of hydrogen-bond donors (Lipinski definition) is 3. The highest BCUT2D eigenvalue weighted by molar-refractivity contribution is 7.80. The molecule has 0 spiro atoms. The third kappa shape index (κ3) is 4.27. The predicted molar refractivity (Wildman–Crippen MR) is 24.0 cm³/mol.